The Bertz CT molecular complexity index is 905. The molecule has 0 spiro atoms. The molecule has 24 heavy (non-hydrogen) atoms. The molecular formula is C22H25N2+. The fourth-order valence-corrected chi connectivity index (χ4v) is 4.15. The van der Waals surface area contributed by atoms with Gasteiger partial charge in [0.1, 0.15) is 7.05 Å². The van der Waals surface area contributed by atoms with Crippen LogP contribution >= 0.6 is 0 Å². The zero-order valence-electron chi connectivity index (χ0n) is 14.8. The van der Waals surface area contributed by atoms with Crippen LogP contribution in [0.2, 0.25) is 0 Å². The van der Waals surface area contributed by atoms with Gasteiger partial charge < -0.3 is 0 Å². The Hall–Kier alpha value is -2.22. The van der Waals surface area contributed by atoms with Gasteiger partial charge in [-0.1, -0.05) is 25.0 Å². The van der Waals surface area contributed by atoms with Crippen LogP contribution in [0.3, 0.4) is 0 Å². The first-order valence-electron chi connectivity index (χ1n) is 8.99. The van der Waals surface area contributed by atoms with Crippen molar-refractivity contribution in [1.29, 1.82) is 0 Å². The van der Waals surface area contributed by atoms with Crippen LogP contribution in [0.15, 0.2) is 42.7 Å². The number of benzene rings is 1. The van der Waals surface area contributed by atoms with Gasteiger partial charge in [-0.15, -0.1) is 0 Å². The molecule has 0 radical (unpaired) electrons. The van der Waals surface area contributed by atoms with Crippen LogP contribution in [0.25, 0.3) is 22.0 Å². The number of hydrogen-bond acceptors (Lipinski definition) is 1. The molecule has 1 aliphatic carbocycles. The van der Waals surface area contributed by atoms with Crippen molar-refractivity contribution >= 4 is 10.8 Å². The maximum atomic E-state index is 4.37. The molecule has 0 N–H and O–H groups in total. The van der Waals surface area contributed by atoms with E-state index in [0.29, 0.717) is 0 Å². The maximum absolute atomic E-state index is 4.37. The molecule has 3 aromatic rings. The zero-order chi connectivity index (χ0) is 16.7. The number of nitrogens with zero attached hydrogens (tertiary/aromatic N) is 2. The second-order valence-corrected chi connectivity index (χ2v) is 7.21. The highest BCUT2D eigenvalue weighted by Crippen LogP contribution is 2.36. The lowest BCUT2D eigenvalue weighted by Crippen LogP contribution is -2.35. The molecule has 1 fully saturated rings. The minimum Gasteiger partial charge on any atom is -0.264 e. The second-order valence-electron chi connectivity index (χ2n) is 7.21. The van der Waals surface area contributed by atoms with E-state index >= 15 is 0 Å². The summed E-state index contributed by atoms with van der Waals surface area (Å²) in [7, 11) is 2.15. The van der Waals surface area contributed by atoms with Crippen molar-refractivity contribution in [1.82, 2.24) is 4.98 Å². The summed E-state index contributed by atoms with van der Waals surface area (Å²) in [6, 6.07) is 11.5. The monoisotopic (exact) mass is 317 g/mol. The lowest BCUT2D eigenvalue weighted by Gasteiger charge is -2.13. The Morgan fingerprint density at radius 2 is 1.83 bits per heavy atom. The number of aromatic nitrogens is 2. The van der Waals surface area contributed by atoms with Gasteiger partial charge >= 0.3 is 0 Å². The minimum absolute atomic E-state index is 0.757. The number of pyridine rings is 2. The van der Waals surface area contributed by atoms with E-state index in [1.165, 1.54) is 64.5 Å². The smallest absolute Gasteiger partial charge is 0.222 e. The summed E-state index contributed by atoms with van der Waals surface area (Å²) in [5, 5.41) is 2.68. The molecule has 122 valence electrons. The largest absolute Gasteiger partial charge is 0.264 e. The van der Waals surface area contributed by atoms with Crippen LogP contribution in [0.1, 0.15) is 48.4 Å². The summed E-state index contributed by atoms with van der Waals surface area (Å²) in [6.07, 6.45) is 9.32. The molecule has 4 rings (SSSR count). The Labute approximate surface area is 144 Å². The average molecular weight is 317 g/mol. The van der Waals surface area contributed by atoms with E-state index < -0.39 is 0 Å². The summed E-state index contributed by atoms with van der Waals surface area (Å²) in [5.74, 6) is 0.757. The highest BCUT2D eigenvalue weighted by atomic mass is 14.9. The summed E-state index contributed by atoms with van der Waals surface area (Å²) < 4.78 is 2.29. The standard InChI is InChI=1S/C22H25N2/c1-15-10-11-23-14-21(15)22-20-9-8-18(17-6-4-5-7-17)13-19(20)12-16(2)24(22)3/h8-14,17H,4-7H2,1-3H3/q+1. The second kappa shape index (κ2) is 6.01. The van der Waals surface area contributed by atoms with Crippen molar-refractivity contribution < 1.29 is 4.57 Å². The van der Waals surface area contributed by atoms with Gasteiger partial charge in [-0.25, -0.2) is 0 Å². The van der Waals surface area contributed by atoms with Gasteiger partial charge in [0.15, 0.2) is 5.69 Å². The summed E-state index contributed by atoms with van der Waals surface area (Å²) >= 11 is 0. The average Bonchev–Trinajstić information content (AvgIpc) is 3.11. The fourth-order valence-electron chi connectivity index (χ4n) is 4.15. The molecule has 0 saturated heterocycles. The van der Waals surface area contributed by atoms with Crippen molar-refractivity contribution in [3.63, 3.8) is 0 Å². The van der Waals surface area contributed by atoms with E-state index in [1.54, 1.807) is 0 Å². The van der Waals surface area contributed by atoms with Crippen molar-refractivity contribution in [2.45, 2.75) is 45.4 Å². The number of rotatable bonds is 2. The third-order valence-electron chi connectivity index (χ3n) is 5.68. The highest BCUT2D eigenvalue weighted by molar-refractivity contribution is 5.94. The van der Waals surface area contributed by atoms with E-state index in [2.05, 4.69) is 60.8 Å². The molecule has 0 atom stereocenters. The van der Waals surface area contributed by atoms with Crippen LogP contribution in [-0.2, 0) is 7.05 Å². The molecule has 1 saturated carbocycles. The molecule has 0 amide bonds. The quantitative estimate of drug-likeness (QED) is 0.608. The lowest BCUT2D eigenvalue weighted by molar-refractivity contribution is -0.665. The first kappa shape index (κ1) is 15.3. The van der Waals surface area contributed by atoms with Gasteiger partial charge in [0, 0.05) is 25.4 Å². The molecule has 0 unspecified atom stereocenters. The van der Waals surface area contributed by atoms with Crippen LogP contribution in [0.4, 0.5) is 0 Å². The molecule has 0 aliphatic heterocycles. The van der Waals surface area contributed by atoms with Crippen LogP contribution in [0, 0.1) is 13.8 Å². The summed E-state index contributed by atoms with van der Waals surface area (Å²) in [6.45, 7) is 4.36. The Kier molecular flexibility index (Phi) is 3.84. The molecule has 2 aromatic heterocycles. The van der Waals surface area contributed by atoms with E-state index in [9.17, 15) is 0 Å². The molecule has 0 bridgehead atoms. The first-order chi connectivity index (χ1) is 11.6. The van der Waals surface area contributed by atoms with Crippen molar-refractivity contribution in [3.05, 3.63) is 59.5 Å². The molecule has 1 aromatic carbocycles. The lowest BCUT2D eigenvalue weighted by atomic mass is 9.93. The van der Waals surface area contributed by atoms with Crippen LogP contribution < -0.4 is 4.57 Å². The normalized spacial score (nSPS) is 15.3. The molecular weight excluding hydrogens is 292 g/mol. The van der Waals surface area contributed by atoms with Gasteiger partial charge in [0.25, 0.3) is 0 Å². The van der Waals surface area contributed by atoms with Crippen molar-refractivity contribution in [3.8, 4) is 11.3 Å². The van der Waals surface area contributed by atoms with E-state index in [1.807, 2.05) is 12.4 Å². The molecule has 1 aliphatic rings. The van der Waals surface area contributed by atoms with Crippen LogP contribution in [0.5, 0.6) is 0 Å². The third-order valence-corrected chi connectivity index (χ3v) is 5.68. The number of aryl methyl sites for hydroxylation is 2. The van der Waals surface area contributed by atoms with Gasteiger partial charge in [-0.2, -0.15) is 4.57 Å². The van der Waals surface area contributed by atoms with Gasteiger partial charge in [-0.3, -0.25) is 4.98 Å². The summed E-state index contributed by atoms with van der Waals surface area (Å²) in [5.41, 5.74) is 6.56. The topological polar surface area (TPSA) is 16.8 Å². The predicted molar refractivity (Wildman–Crippen MR) is 99.0 cm³/mol. The van der Waals surface area contributed by atoms with Gasteiger partial charge in [0.2, 0.25) is 5.69 Å². The number of fused-ring (bicyclic) bond motifs is 1. The summed E-state index contributed by atoms with van der Waals surface area (Å²) in [4.78, 5) is 4.37. The van der Waals surface area contributed by atoms with Crippen molar-refractivity contribution in [2.24, 2.45) is 7.05 Å². The van der Waals surface area contributed by atoms with Crippen molar-refractivity contribution in [2.75, 3.05) is 0 Å². The zero-order valence-corrected chi connectivity index (χ0v) is 14.8. The Morgan fingerprint density at radius 1 is 1.04 bits per heavy atom. The number of hydrogen-bond donors (Lipinski definition) is 0. The molecule has 2 heterocycles. The van der Waals surface area contributed by atoms with Crippen LogP contribution in [-0.4, -0.2) is 4.98 Å². The predicted octanol–water partition coefficient (Wildman–Crippen LogP) is 5.00. The molecule has 2 heteroatoms. The van der Waals surface area contributed by atoms with E-state index in [4.69, 9.17) is 0 Å². The van der Waals surface area contributed by atoms with Gasteiger partial charge in [-0.05, 0) is 54.3 Å². The van der Waals surface area contributed by atoms with E-state index in [0.717, 1.165) is 5.92 Å². The Balaban J connectivity index is 1.95. The van der Waals surface area contributed by atoms with Gasteiger partial charge in [0.05, 0.1) is 10.9 Å². The SMILES string of the molecule is Cc1ccncc1-c1c2ccc(C3CCCC3)cc2cc(C)[n+]1C. The Morgan fingerprint density at radius 3 is 2.58 bits per heavy atom. The molecule has 2 nitrogen and oxygen atoms in total. The first-order valence-corrected chi connectivity index (χ1v) is 8.99. The highest BCUT2D eigenvalue weighted by Gasteiger charge is 2.22. The van der Waals surface area contributed by atoms with E-state index in [-0.39, 0.29) is 0 Å². The minimum atomic E-state index is 0.757. The third kappa shape index (κ3) is 2.50. The fraction of sp³-hybridized carbons (Fsp3) is 0.364. The maximum Gasteiger partial charge on any atom is 0.222 e.